The minimum absolute atomic E-state index is 0.0651. The highest BCUT2D eigenvalue weighted by Gasteiger charge is 2.29. The van der Waals surface area contributed by atoms with Gasteiger partial charge in [-0.1, -0.05) is 0 Å². The second-order valence-electron chi connectivity index (χ2n) is 3.56. The monoisotopic (exact) mass is 206 g/mol. The summed E-state index contributed by atoms with van der Waals surface area (Å²) < 4.78 is 24.8. The summed E-state index contributed by atoms with van der Waals surface area (Å²) in [5.41, 5.74) is 5.40. The van der Waals surface area contributed by atoms with Crippen molar-refractivity contribution in [2.75, 3.05) is 18.8 Å². The van der Waals surface area contributed by atoms with Crippen LogP contribution in [0.4, 0.5) is 0 Å². The van der Waals surface area contributed by atoms with Crippen molar-refractivity contribution in [2.24, 2.45) is 5.73 Å². The zero-order chi connectivity index (χ0) is 9.90. The first kappa shape index (κ1) is 10.9. The molecule has 1 fully saturated rings. The van der Waals surface area contributed by atoms with Crippen LogP contribution in [0.3, 0.4) is 0 Å². The van der Waals surface area contributed by atoms with Gasteiger partial charge in [-0.05, 0) is 32.7 Å². The molecule has 0 spiro atoms. The van der Waals surface area contributed by atoms with E-state index in [0.717, 1.165) is 19.3 Å². The second-order valence-corrected chi connectivity index (χ2v) is 5.60. The Labute approximate surface area is 80.1 Å². The van der Waals surface area contributed by atoms with E-state index >= 15 is 0 Å². The molecule has 1 unspecified atom stereocenters. The van der Waals surface area contributed by atoms with Crippen LogP contribution in [0.1, 0.15) is 26.2 Å². The summed E-state index contributed by atoms with van der Waals surface area (Å²) in [4.78, 5) is 0. The molecule has 1 saturated heterocycles. The third-order valence-corrected chi connectivity index (χ3v) is 4.53. The highest BCUT2D eigenvalue weighted by Crippen LogP contribution is 2.17. The van der Waals surface area contributed by atoms with Crippen molar-refractivity contribution in [2.45, 2.75) is 32.2 Å². The summed E-state index contributed by atoms with van der Waals surface area (Å²) in [5, 5.41) is 0. The smallest absolute Gasteiger partial charge is 0.214 e. The Morgan fingerprint density at radius 2 is 2.15 bits per heavy atom. The normalized spacial score (nSPS) is 25.7. The topological polar surface area (TPSA) is 63.4 Å². The largest absolute Gasteiger partial charge is 0.330 e. The van der Waals surface area contributed by atoms with E-state index in [1.165, 1.54) is 0 Å². The average molecular weight is 206 g/mol. The summed E-state index contributed by atoms with van der Waals surface area (Å²) in [6, 6.07) is 0.0651. The van der Waals surface area contributed by atoms with Gasteiger partial charge in [-0.3, -0.25) is 0 Å². The van der Waals surface area contributed by atoms with Gasteiger partial charge in [0.05, 0.1) is 5.75 Å². The van der Waals surface area contributed by atoms with Crippen LogP contribution in [-0.4, -0.2) is 37.6 Å². The number of rotatable bonds is 3. The van der Waals surface area contributed by atoms with Crippen molar-refractivity contribution in [3.8, 4) is 0 Å². The van der Waals surface area contributed by atoms with Gasteiger partial charge in [0.25, 0.3) is 0 Å². The van der Waals surface area contributed by atoms with Crippen molar-refractivity contribution in [3.63, 3.8) is 0 Å². The lowest BCUT2D eigenvalue weighted by Gasteiger charge is -2.31. The molecule has 0 aromatic carbocycles. The Morgan fingerprint density at radius 3 is 2.69 bits per heavy atom. The SMILES string of the molecule is CC(CCN)N1CCCCS1(=O)=O. The van der Waals surface area contributed by atoms with E-state index in [-0.39, 0.29) is 6.04 Å². The minimum Gasteiger partial charge on any atom is -0.330 e. The molecule has 2 N–H and O–H groups in total. The standard InChI is InChI=1S/C8H18N2O2S/c1-8(4-5-9)10-6-2-3-7-13(10,11)12/h8H,2-7,9H2,1H3. The fourth-order valence-corrected chi connectivity index (χ4v) is 3.55. The molecular weight excluding hydrogens is 188 g/mol. The van der Waals surface area contributed by atoms with Crippen molar-refractivity contribution in [1.29, 1.82) is 0 Å². The average Bonchev–Trinajstić information content (AvgIpc) is 2.03. The maximum Gasteiger partial charge on any atom is 0.214 e. The predicted octanol–water partition coefficient (Wildman–Crippen LogP) is 0.149. The Hall–Kier alpha value is -0.130. The van der Waals surface area contributed by atoms with E-state index in [0.29, 0.717) is 18.8 Å². The Morgan fingerprint density at radius 1 is 1.46 bits per heavy atom. The molecule has 1 atom stereocenters. The van der Waals surface area contributed by atoms with Gasteiger partial charge in [0.15, 0.2) is 0 Å². The molecule has 0 saturated carbocycles. The summed E-state index contributed by atoms with van der Waals surface area (Å²) >= 11 is 0. The first-order valence-corrected chi connectivity index (χ1v) is 6.38. The van der Waals surface area contributed by atoms with Gasteiger partial charge < -0.3 is 5.73 Å². The third kappa shape index (κ3) is 2.65. The maximum absolute atomic E-state index is 11.6. The molecule has 1 heterocycles. The molecule has 0 aromatic rings. The van der Waals surface area contributed by atoms with Crippen molar-refractivity contribution >= 4 is 10.0 Å². The van der Waals surface area contributed by atoms with Crippen LogP contribution < -0.4 is 5.73 Å². The molecule has 0 bridgehead atoms. The zero-order valence-electron chi connectivity index (χ0n) is 8.07. The molecular formula is C8H18N2O2S. The van der Waals surface area contributed by atoms with Gasteiger partial charge >= 0.3 is 0 Å². The number of nitrogens with zero attached hydrogens (tertiary/aromatic N) is 1. The molecule has 0 aliphatic carbocycles. The first-order chi connectivity index (χ1) is 6.08. The molecule has 0 radical (unpaired) electrons. The van der Waals surface area contributed by atoms with Gasteiger partial charge in [0.1, 0.15) is 0 Å². The van der Waals surface area contributed by atoms with Gasteiger partial charge in [-0.15, -0.1) is 0 Å². The maximum atomic E-state index is 11.6. The van der Waals surface area contributed by atoms with Crippen LogP contribution in [0.25, 0.3) is 0 Å². The Bertz CT molecular complexity index is 251. The molecule has 78 valence electrons. The summed E-state index contributed by atoms with van der Waals surface area (Å²) in [6.07, 6.45) is 2.53. The van der Waals surface area contributed by atoms with E-state index in [4.69, 9.17) is 5.73 Å². The van der Waals surface area contributed by atoms with E-state index in [1.54, 1.807) is 4.31 Å². The summed E-state index contributed by atoms with van der Waals surface area (Å²) in [5.74, 6) is 0.307. The van der Waals surface area contributed by atoms with Crippen molar-refractivity contribution in [1.82, 2.24) is 4.31 Å². The molecule has 1 rings (SSSR count). The molecule has 4 nitrogen and oxygen atoms in total. The lowest BCUT2D eigenvalue weighted by molar-refractivity contribution is 0.307. The highest BCUT2D eigenvalue weighted by molar-refractivity contribution is 7.89. The minimum atomic E-state index is -2.97. The zero-order valence-corrected chi connectivity index (χ0v) is 8.89. The predicted molar refractivity (Wildman–Crippen MR) is 52.9 cm³/mol. The summed E-state index contributed by atoms with van der Waals surface area (Å²) in [6.45, 7) is 3.15. The molecule has 0 aromatic heterocycles. The van der Waals surface area contributed by atoms with E-state index in [1.807, 2.05) is 6.92 Å². The van der Waals surface area contributed by atoms with Crippen molar-refractivity contribution < 1.29 is 8.42 Å². The fraction of sp³-hybridized carbons (Fsp3) is 1.00. The fourth-order valence-electron chi connectivity index (χ4n) is 1.69. The quantitative estimate of drug-likeness (QED) is 0.715. The number of hydrogen-bond donors (Lipinski definition) is 1. The Kier molecular flexibility index (Phi) is 3.70. The number of nitrogens with two attached hydrogens (primary N) is 1. The number of hydrogen-bond acceptors (Lipinski definition) is 3. The first-order valence-electron chi connectivity index (χ1n) is 4.77. The van der Waals surface area contributed by atoms with Crippen LogP contribution in [0, 0.1) is 0 Å². The van der Waals surface area contributed by atoms with Crippen LogP contribution in [0.15, 0.2) is 0 Å². The Balaban J connectivity index is 2.65. The molecule has 1 aliphatic rings. The summed E-state index contributed by atoms with van der Waals surface area (Å²) in [7, 11) is -2.97. The molecule has 0 amide bonds. The molecule has 1 aliphatic heterocycles. The lowest BCUT2D eigenvalue weighted by Crippen LogP contribution is -2.44. The van der Waals surface area contributed by atoms with Gasteiger partial charge in [0, 0.05) is 12.6 Å². The van der Waals surface area contributed by atoms with E-state index in [2.05, 4.69) is 0 Å². The van der Waals surface area contributed by atoms with Gasteiger partial charge in [0.2, 0.25) is 10.0 Å². The van der Waals surface area contributed by atoms with Gasteiger partial charge in [-0.2, -0.15) is 4.31 Å². The molecule has 5 heteroatoms. The van der Waals surface area contributed by atoms with Crippen LogP contribution in [0.5, 0.6) is 0 Å². The van der Waals surface area contributed by atoms with Crippen LogP contribution >= 0.6 is 0 Å². The van der Waals surface area contributed by atoms with Crippen LogP contribution in [-0.2, 0) is 10.0 Å². The third-order valence-electron chi connectivity index (χ3n) is 2.46. The van der Waals surface area contributed by atoms with E-state index in [9.17, 15) is 8.42 Å². The van der Waals surface area contributed by atoms with Gasteiger partial charge in [-0.25, -0.2) is 8.42 Å². The van der Waals surface area contributed by atoms with Crippen molar-refractivity contribution in [3.05, 3.63) is 0 Å². The molecule has 13 heavy (non-hydrogen) atoms. The second kappa shape index (κ2) is 4.39. The van der Waals surface area contributed by atoms with Crippen LogP contribution in [0.2, 0.25) is 0 Å². The number of sulfonamides is 1. The lowest BCUT2D eigenvalue weighted by atomic mass is 10.2. The van der Waals surface area contributed by atoms with E-state index < -0.39 is 10.0 Å². The highest BCUT2D eigenvalue weighted by atomic mass is 32.2.